The monoisotopic (exact) mass is 338 g/mol. The minimum atomic E-state index is -0.311. The highest BCUT2D eigenvalue weighted by atomic mass is 79.9. The Labute approximate surface area is 124 Å². The zero-order valence-electron chi connectivity index (χ0n) is 10.2. The van der Waals surface area contributed by atoms with Gasteiger partial charge < -0.3 is 11.1 Å². The van der Waals surface area contributed by atoms with Crippen molar-refractivity contribution < 1.29 is 4.39 Å². The van der Waals surface area contributed by atoms with Gasteiger partial charge in [-0.25, -0.2) is 4.39 Å². The first-order valence-electron chi connectivity index (χ1n) is 5.60. The molecular weight excluding hydrogens is 327 g/mol. The van der Waals surface area contributed by atoms with Gasteiger partial charge in [0.2, 0.25) is 0 Å². The number of hydrogen-bond acceptors (Lipinski definition) is 2. The highest BCUT2D eigenvalue weighted by molar-refractivity contribution is 9.10. The molecule has 0 bridgehead atoms. The molecule has 0 spiro atoms. The number of nitrogens with one attached hydrogen (secondary N) is 1. The fourth-order valence-electron chi connectivity index (χ4n) is 1.75. The quantitative estimate of drug-likeness (QED) is 0.820. The second-order valence-corrected chi connectivity index (χ2v) is 5.43. The Morgan fingerprint density at radius 1 is 1.26 bits per heavy atom. The zero-order chi connectivity index (χ0) is 14.0. The van der Waals surface area contributed by atoms with Crippen LogP contribution < -0.4 is 11.1 Å². The van der Waals surface area contributed by atoms with Crippen molar-refractivity contribution in [3.63, 3.8) is 0 Å². The molecule has 0 saturated carbocycles. The average Bonchev–Trinajstić information content (AvgIpc) is 2.32. The Balaban J connectivity index is 2.44. The van der Waals surface area contributed by atoms with E-state index in [1.807, 2.05) is 25.1 Å². The molecule has 98 valence electrons. The first-order valence-corrected chi connectivity index (χ1v) is 6.80. The summed E-state index contributed by atoms with van der Waals surface area (Å²) in [5, 5.41) is 3.02. The first kappa shape index (κ1) is 14.0. The molecule has 0 heterocycles. The maximum absolute atomic E-state index is 13.8. The Morgan fingerprint density at radius 2 is 2.00 bits per heavy atom. The van der Waals surface area contributed by atoms with E-state index in [-0.39, 0.29) is 10.8 Å². The van der Waals surface area contributed by atoms with Crippen LogP contribution in [0.1, 0.15) is 11.1 Å². The van der Waals surface area contributed by atoms with E-state index >= 15 is 0 Å². The molecule has 5 heteroatoms. The number of nitrogens with two attached hydrogens (primary N) is 1. The summed E-state index contributed by atoms with van der Waals surface area (Å²) in [4.78, 5) is 0.252. The van der Waals surface area contributed by atoms with E-state index in [9.17, 15) is 4.39 Å². The zero-order valence-corrected chi connectivity index (χ0v) is 12.6. The predicted molar refractivity (Wildman–Crippen MR) is 84.4 cm³/mol. The van der Waals surface area contributed by atoms with Gasteiger partial charge in [0.1, 0.15) is 10.8 Å². The lowest BCUT2D eigenvalue weighted by Gasteiger charge is -2.13. The van der Waals surface area contributed by atoms with E-state index in [1.165, 1.54) is 6.07 Å². The molecular formula is C14H12BrFN2S. The van der Waals surface area contributed by atoms with Crippen molar-refractivity contribution in [2.45, 2.75) is 6.92 Å². The minimum absolute atomic E-state index is 0.252. The van der Waals surface area contributed by atoms with Crippen LogP contribution >= 0.6 is 28.1 Å². The molecule has 2 aromatic rings. The van der Waals surface area contributed by atoms with Crippen LogP contribution in [0.25, 0.3) is 0 Å². The summed E-state index contributed by atoms with van der Waals surface area (Å²) < 4.78 is 14.6. The third-order valence-electron chi connectivity index (χ3n) is 2.65. The van der Waals surface area contributed by atoms with Crippen LogP contribution in [-0.2, 0) is 0 Å². The highest BCUT2D eigenvalue weighted by Crippen LogP contribution is 2.28. The third kappa shape index (κ3) is 3.11. The molecule has 0 saturated heterocycles. The molecule has 0 aliphatic rings. The van der Waals surface area contributed by atoms with Crippen LogP contribution in [-0.4, -0.2) is 4.99 Å². The smallest absolute Gasteiger partial charge is 0.146 e. The van der Waals surface area contributed by atoms with E-state index in [0.717, 1.165) is 10.0 Å². The number of rotatable bonds is 3. The van der Waals surface area contributed by atoms with E-state index in [1.54, 1.807) is 12.1 Å². The van der Waals surface area contributed by atoms with Gasteiger partial charge >= 0.3 is 0 Å². The molecule has 2 rings (SSSR count). The van der Waals surface area contributed by atoms with Gasteiger partial charge in [-0.3, -0.25) is 0 Å². The maximum Gasteiger partial charge on any atom is 0.146 e. The molecule has 2 nitrogen and oxygen atoms in total. The second-order valence-electron chi connectivity index (χ2n) is 4.13. The number of benzene rings is 2. The van der Waals surface area contributed by atoms with Gasteiger partial charge in [-0.15, -0.1) is 0 Å². The molecule has 0 aromatic heterocycles. The van der Waals surface area contributed by atoms with Crippen LogP contribution in [0.5, 0.6) is 0 Å². The van der Waals surface area contributed by atoms with Gasteiger partial charge in [0.15, 0.2) is 0 Å². The number of aryl methyl sites for hydroxylation is 1. The molecule has 0 radical (unpaired) electrons. The first-order chi connectivity index (χ1) is 8.99. The fraction of sp³-hybridized carbons (Fsp3) is 0.0714. The Bertz CT molecular complexity index is 643. The van der Waals surface area contributed by atoms with E-state index in [0.29, 0.717) is 16.9 Å². The molecule has 0 aliphatic heterocycles. The minimum Gasteiger partial charge on any atom is -0.389 e. The van der Waals surface area contributed by atoms with E-state index in [4.69, 9.17) is 18.0 Å². The lowest BCUT2D eigenvalue weighted by molar-refractivity contribution is 0.631. The SMILES string of the molecule is Cc1ccc(Nc2cccc(Br)c2C(N)=S)c(F)c1. The molecule has 0 amide bonds. The molecule has 0 fully saturated rings. The summed E-state index contributed by atoms with van der Waals surface area (Å²) in [6.07, 6.45) is 0. The Hall–Kier alpha value is -1.46. The van der Waals surface area contributed by atoms with Crippen molar-refractivity contribution in [1.82, 2.24) is 0 Å². The summed E-state index contributed by atoms with van der Waals surface area (Å²) in [7, 11) is 0. The number of halogens is 2. The normalized spacial score (nSPS) is 10.3. The molecule has 19 heavy (non-hydrogen) atoms. The second kappa shape index (κ2) is 5.67. The van der Waals surface area contributed by atoms with Crippen molar-refractivity contribution in [2.24, 2.45) is 5.73 Å². The molecule has 2 aromatic carbocycles. The third-order valence-corrected chi connectivity index (χ3v) is 3.52. The van der Waals surface area contributed by atoms with E-state index < -0.39 is 0 Å². The van der Waals surface area contributed by atoms with Crippen molar-refractivity contribution in [1.29, 1.82) is 0 Å². The van der Waals surface area contributed by atoms with Gasteiger partial charge in [0.05, 0.1) is 5.69 Å². The van der Waals surface area contributed by atoms with Crippen molar-refractivity contribution in [3.05, 3.63) is 57.8 Å². The molecule has 0 unspecified atom stereocenters. The topological polar surface area (TPSA) is 38.0 Å². The number of thiocarbonyl (C=S) groups is 1. The fourth-order valence-corrected chi connectivity index (χ4v) is 2.68. The summed E-state index contributed by atoms with van der Waals surface area (Å²) >= 11 is 8.41. The van der Waals surface area contributed by atoms with Crippen LogP contribution in [0.3, 0.4) is 0 Å². The van der Waals surface area contributed by atoms with Gasteiger partial charge in [-0.05, 0) is 52.7 Å². The largest absolute Gasteiger partial charge is 0.389 e. The van der Waals surface area contributed by atoms with Crippen LogP contribution in [0.15, 0.2) is 40.9 Å². The predicted octanol–water partition coefficient (Wildman–Crippen LogP) is 4.27. The van der Waals surface area contributed by atoms with Crippen molar-refractivity contribution >= 4 is 44.5 Å². The summed E-state index contributed by atoms with van der Waals surface area (Å²) in [6.45, 7) is 1.84. The lowest BCUT2D eigenvalue weighted by atomic mass is 10.1. The Kier molecular flexibility index (Phi) is 4.17. The highest BCUT2D eigenvalue weighted by Gasteiger charge is 2.11. The molecule has 0 atom stereocenters. The van der Waals surface area contributed by atoms with Crippen LogP contribution in [0, 0.1) is 12.7 Å². The van der Waals surface area contributed by atoms with Crippen LogP contribution in [0.4, 0.5) is 15.8 Å². The van der Waals surface area contributed by atoms with Gasteiger partial charge in [-0.1, -0.05) is 24.4 Å². The summed E-state index contributed by atoms with van der Waals surface area (Å²) in [5.41, 5.74) is 8.29. The van der Waals surface area contributed by atoms with Gasteiger partial charge in [0, 0.05) is 15.7 Å². The van der Waals surface area contributed by atoms with Crippen LogP contribution in [0.2, 0.25) is 0 Å². The average molecular weight is 339 g/mol. The Morgan fingerprint density at radius 3 is 2.63 bits per heavy atom. The van der Waals surface area contributed by atoms with Gasteiger partial charge in [-0.2, -0.15) is 0 Å². The lowest BCUT2D eigenvalue weighted by Crippen LogP contribution is -2.13. The molecule has 3 N–H and O–H groups in total. The van der Waals surface area contributed by atoms with Crippen molar-refractivity contribution in [3.8, 4) is 0 Å². The molecule has 0 aliphatic carbocycles. The standard InChI is InChI=1S/C14H12BrFN2S/c1-8-5-6-11(10(16)7-8)18-12-4-2-3-9(15)13(12)14(17)19/h2-7,18H,1H3,(H2,17,19). The number of hydrogen-bond donors (Lipinski definition) is 2. The summed E-state index contributed by atoms with van der Waals surface area (Å²) in [5.74, 6) is -0.311. The van der Waals surface area contributed by atoms with E-state index in [2.05, 4.69) is 21.2 Å². The van der Waals surface area contributed by atoms with Gasteiger partial charge in [0.25, 0.3) is 0 Å². The number of anilines is 2. The maximum atomic E-state index is 13.8. The van der Waals surface area contributed by atoms with Crippen molar-refractivity contribution in [2.75, 3.05) is 5.32 Å². The summed E-state index contributed by atoms with van der Waals surface area (Å²) in [6, 6.07) is 10.5.